The van der Waals surface area contributed by atoms with E-state index in [9.17, 15) is 14.4 Å². The minimum Gasteiger partial charge on any atom is -0.451 e. The van der Waals surface area contributed by atoms with Crippen molar-refractivity contribution in [2.75, 3.05) is 13.2 Å². The molecule has 4 rings (SSSR count). The van der Waals surface area contributed by atoms with E-state index in [-0.39, 0.29) is 11.4 Å². The van der Waals surface area contributed by atoms with Crippen molar-refractivity contribution in [1.82, 2.24) is 25.6 Å². The number of rotatable bonds is 7. The lowest BCUT2D eigenvalue weighted by atomic mass is 10.3. The van der Waals surface area contributed by atoms with E-state index in [1.54, 1.807) is 11.3 Å². The molecular formula is C21H17N5O4S2. The number of ether oxygens (including phenoxy) is 1. The molecule has 0 radical (unpaired) electrons. The van der Waals surface area contributed by atoms with Gasteiger partial charge in [-0.05, 0) is 30.0 Å². The highest BCUT2D eigenvalue weighted by atomic mass is 32.1. The number of esters is 1. The summed E-state index contributed by atoms with van der Waals surface area (Å²) in [5, 5.41) is 7.17. The molecule has 11 heteroatoms. The molecule has 3 heterocycles. The average molecular weight is 468 g/mol. The van der Waals surface area contributed by atoms with Crippen LogP contribution in [0.4, 0.5) is 4.79 Å². The van der Waals surface area contributed by atoms with E-state index in [2.05, 4.69) is 25.6 Å². The molecule has 0 bridgehead atoms. The number of carbonyl (C=O) groups is 3. The van der Waals surface area contributed by atoms with E-state index in [1.807, 2.05) is 41.8 Å². The van der Waals surface area contributed by atoms with Crippen LogP contribution in [-0.4, -0.2) is 46.0 Å². The van der Waals surface area contributed by atoms with Crippen LogP contribution in [0.15, 0.2) is 54.2 Å². The van der Waals surface area contributed by atoms with Gasteiger partial charge in [0.05, 0.1) is 10.2 Å². The second-order valence-electron chi connectivity index (χ2n) is 6.45. The molecule has 2 N–H and O–H groups in total. The van der Waals surface area contributed by atoms with Crippen molar-refractivity contribution in [3.63, 3.8) is 0 Å². The molecular weight excluding hydrogens is 450 g/mol. The van der Waals surface area contributed by atoms with E-state index < -0.39 is 24.5 Å². The molecule has 162 valence electrons. The van der Waals surface area contributed by atoms with Gasteiger partial charge in [0.2, 0.25) is 0 Å². The van der Waals surface area contributed by atoms with Gasteiger partial charge in [0, 0.05) is 23.8 Å². The van der Waals surface area contributed by atoms with Gasteiger partial charge in [-0.15, -0.1) is 22.7 Å². The molecule has 0 aliphatic rings. The highest BCUT2D eigenvalue weighted by molar-refractivity contribution is 7.21. The topological polar surface area (TPSA) is 123 Å². The fraction of sp³-hybridized carbons (Fsp3) is 0.143. The number of urea groups is 1. The van der Waals surface area contributed by atoms with E-state index in [0.717, 1.165) is 15.1 Å². The fourth-order valence-corrected chi connectivity index (χ4v) is 4.45. The van der Waals surface area contributed by atoms with Crippen LogP contribution >= 0.6 is 22.7 Å². The maximum Gasteiger partial charge on any atom is 0.359 e. The van der Waals surface area contributed by atoms with Crippen molar-refractivity contribution in [3.05, 3.63) is 64.7 Å². The van der Waals surface area contributed by atoms with E-state index in [1.165, 1.54) is 23.7 Å². The molecule has 0 saturated heterocycles. The number of hydrogen-bond donors (Lipinski definition) is 2. The largest absolute Gasteiger partial charge is 0.451 e. The zero-order valence-corrected chi connectivity index (χ0v) is 18.2. The summed E-state index contributed by atoms with van der Waals surface area (Å²) in [5.41, 5.74) is 0.993. The molecule has 0 spiro atoms. The van der Waals surface area contributed by atoms with Crippen LogP contribution in [0.25, 0.3) is 20.9 Å². The third kappa shape index (κ3) is 5.31. The quantitative estimate of drug-likeness (QED) is 0.401. The number of carbonyl (C=O) groups excluding carboxylic acids is 3. The van der Waals surface area contributed by atoms with E-state index in [4.69, 9.17) is 4.74 Å². The van der Waals surface area contributed by atoms with Gasteiger partial charge in [0.25, 0.3) is 5.91 Å². The highest BCUT2D eigenvalue weighted by Gasteiger charge is 2.21. The van der Waals surface area contributed by atoms with Crippen LogP contribution in [0, 0.1) is 0 Å². The van der Waals surface area contributed by atoms with Crippen LogP contribution < -0.4 is 10.6 Å². The van der Waals surface area contributed by atoms with E-state index >= 15 is 0 Å². The second kappa shape index (κ2) is 10.1. The van der Waals surface area contributed by atoms with Gasteiger partial charge in [0.15, 0.2) is 12.3 Å². The molecule has 0 unspecified atom stereocenters. The first-order valence-electron chi connectivity index (χ1n) is 9.54. The molecule has 0 aliphatic carbocycles. The summed E-state index contributed by atoms with van der Waals surface area (Å²) in [6.07, 6.45) is 3.47. The lowest BCUT2D eigenvalue weighted by molar-refractivity contribution is -0.123. The van der Waals surface area contributed by atoms with Gasteiger partial charge < -0.3 is 10.1 Å². The number of thiazole rings is 1. The first-order valence-corrected chi connectivity index (χ1v) is 11.2. The predicted octanol–water partition coefficient (Wildman–Crippen LogP) is 3.04. The fourth-order valence-electron chi connectivity index (χ4n) is 2.78. The molecule has 4 aromatic rings. The molecule has 3 amide bonds. The minimum absolute atomic E-state index is 0.0558. The SMILES string of the molecule is O=C(COC(=O)c1nccnc1-c1nc2ccccc2s1)NC(=O)NCCc1cccs1. The van der Waals surface area contributed by atoms with Crippen molar-refractivity contribution >= 4 is 50.8 Å². The summed E-state index contributed by atoms with van der Waals surface area (Å²) >= 11 is 2.96. The number of nitrogens with one attached hydrogen (secondary N) is 2. The minimum atomic E-state index is -0.833. The molecule has 9 nitrogen and oxygen atoms in total. The Balaban J connectivity index is 1.32. The van der Waals surface area contributed by atoms with Crippen LogP contribution in [0.1, 0.15) is 15.4 Å². The number of amides is 3. The van der Waals surface area contributed by atoms with Crippen molar-refractivity contribution < 1.29 is 19.1 Å². The summed E-state index contributed by atoms with van der Waals surface area (Å²) < 4.78 is 5.98. The van der Waals surface area contributed by atoms with Gasteiger partial charge in [-0.25, -0.2) is 24.5 Å². The zero-order chi connectivity index (χ0) is 22.3. The van der Waals surface area contributed by atoms with Crippen LogP contribution in [0.2, 0.25) is 0 Å². The zero-order valence-electron chi connectivity index (χ0n) is 16.6. The number of thiophene rings is 1. The van der Waals surface area contributed by atoms with Crippen LogP contribution in [-0.2, 0) is 16.0 Å². The maximum atomic E-state index is 12.5. The Morgan fingerprint density at radius 3 is 2.69 bits per heavy atom. The monoisotopic (exact) mass is 467 g/mol. The number of nitrogens with zero attached hydrogens (tertiary/aromatic N) is 3. The average Bonchev–Trinajstić information content (AvgIpc) is 3.47. The van der Waals surface area contributed by atoms with Crippen LogP contribution in [0.3, 0.4) is 0 Å². The van der Waals surface area contributed by atoms with Gasteiger partial charge in [-0.2, -0.15) is 0 Å². The highest BCUT2D eigenvalue weighted by Crippen LogP contribution is 2.30. The van der Waals surface area contributed by atoms with Crippen molar-refractivity contribution in [2.45, 2.75) is 6.42 Å². The lowest BCUT2D eigenvalue weighted by Gasteiger charge is -2.08. The summed E-state index contributed by atoms with van der Waals surface area (Å²) in [7, 11) is 0. The van der Waals surface area contributed by atoms with Gasteiger partial charge in [0.1, 0.15) is 10.7 Å². The number of imide groups is 1. The van der Waals surface area contributed by atoms with Crippen molar-refractivity contribution in [3.8, 4) is 10.7 Å². The summed E-state index contributed by atoms with van der Waals surface area (Å²) in [4.78, 5) is 50.2. The Kier molecular flexibility index (Phi) is 6.78. The summed E-state index contributed by atoms with van der Waals surface area (Å²) in [6, 6.07) is 10.8. The Bertz CT molecular complexity index is 1220. The van der Waals surface area contributed by atoms with Crippen LogP contribution in [0.5, 0.6) is 0 Å². The normalized spacial score (nSPS) is 10.6. The second-order valence-corrected chi connectivity index (χ2v) is 8.51. The molecule has 32 heavy (non-hydrogen) atoms. The third-order valence-electron chi connectivity index (χ3n) is 4.21. The number of aromatic nitrogens is 3. The molecule has 0 aliphatic heterocycles. The molecule has 0 atom stereocenters. The van der Waals surface area contributed by atoms with Gasteiger partial charge in [-0.1, -0.05) is 18.2 Å². The number of benzene rings is 1. The van der Waals surface area contributed by atoms with Crippen molar-refractivity contribution in [2.24, 2.45) is 0 Å². The number of hydrogen-bond acceptors (Lipinski definition) is 9. The Morgan fingerprint density at radius 2 is 1.88 bits per heavy atom. The van der Waals surface area contributed by atoms with E-state index in [0.29, 0.717) is 18.0 Å². The van der Waals surface area contributed by atoms with Crippen molar-refractivity contribution in [1.29, 1.82) is 0 Å². The Labute approximate surface area is 190 Å². The first kappa shape index (κ1) is 21.5. The van der Waals surface area contributed by atoms with Gasteiger partial charge >= 0.3 is 12.0 Å². The molecule has 0 fully saturated rings. The smallest absolute Gasteiger partial charge is 0.359 e. The first-order chi connectivity index (χ1) is 15.6. The molecule has 1 aromatic carbocycles. The standard InChI is InChI=1S/C21H17N5O4S2/c27-16(26-21(29)24-8-7-13-4-3-11-31-13)12-30-20(28)18-17(22-9-10-23-18)19-25-14-5-1-2-6-15(14)32-19/h1-6,9-11H,7-8,12H2,(H2,24,26,27,29). The number of para-hydroxylation sites is 1. The third-order valence-corrected chi connectivity index (χ3v) is 6.19. The predicted molar refractivity (Wildman–Crippen MR) is 120 cm³/mol. The Hall–Kier alpha value is -3.70. The lowest BCUT2D eigenvalue weighted by Crippen LogP contribution is -2.42. The molecule has 3 aromatic heterocycles. The maximum absolute atomic E-state index is 12.5. The summed E-state index contributed by atoms with van der Waals surface area (Å²) in [6.45, 7) is -0.252. The molecule has 0 saturated carbocycles. The summed E-state index contributed by atoms with van der Waals surface area (Å²) in [5.74, 6) is -1.59. The Morgan fingerprint density at radius 1 is 1.03 bits per heavy atom. The number of fused-ring (bicyclic) bond motifs is 1. The van der Waals surface area contributed by atoms with Gasteiger partial charge in [-0.3, -0.25) is 10.1 Å².